The molecular weight excluding hydrogens is 376 g/mol. The molecule has 2 nitrogen and oxygen atoms in total. The third-order valence-electron chi connectivity index (χ3n) is 6.51. The highest BCUT2D eigenvalue weighted by atomic mass is 15.2. The molecule has 0 radical (unpaired) electrons. The number of unbranched alkanes of at least 4 members (excludes halogenated alkanes) is 5. The Morgan fingerprint density at radius 3 is 1.84 bits per heavy atom. The van der Waals surface area contributed by atoms with Gasteiger partial charge in [0.25, 0.3) is 0 Å². The predicted molar refractivity (Wildman–Crippen MR) is 133 cm³/mol. The van der Waals surface area contributed by atoms with Crippen molar-refractivity contribution < 1.29 is 4.70 Å². The molecule has 0 fully saturated rings. The number of hydrogen-bond acceptors (Lipinski definition) is 0. The van der Waals surface area contributed by atoms with E-state index in [-0.39, 0.29) is 0 Å². The van der Waals surface area contributed by atoms with Gasteiger partial charge in [-0.05, 0) is 68.0 Å². The molecule has 0 saturated heterocycles. The van der Waals surface area contributed by atoms with E-state index >= 15 is 0 Å². The van der Waals surface area contributed by atoms with Gasteiger partial charge in [-0.3, -0.25) is 0 Å². The molecule has 0 spiro atoms. The minimum atomic E-state index is 0.938. The Hall–Kier alpha value is -2.48. The largest absolute Gasteiger partial charge is 0.493 e. The average Bonchev–Trinajstić information content (AvgIpc) is 3.05. The maximum atomic E-state index is 11.4. The molecule has 2 aromatic rings. The van der Waals surface area contributed by atoms with Crippen LogP contribution in [0.25, 0.3) is 16.9 Å². The van der Waals surface area contributed by atoms with E-state index in [1.54, 1.807) is 0 Å². The Kier molecular flexibility index (Phi) is 8.40. The van der Waals surface area contributed by atoms with Crippen LogP contribution < -0.4 is 0 Å². The van der Waals surface area contributed by atoms with Crippen LogP contribution in [0.15, 0.2) is 59.7 Å². The zero-order valence-corrected chi connectivity index (χ0v) is 19.9. The topological polar surface area (TPSA) is 25.3 Å². The van der Waals surface area contributed by atoms with Crippen molar-refractivity contribution in [3.05, 3.63) is 87.5 Å². The first-order chi connectivity index (χ1) is 15.1. The van der Waals surface area contributed by atoms with E-state index in [0.29, 0.717) is 0 Å². The lowest BCUT2D eigenvalue weighted by Crippen LogP contribution is -2.03. The van der Waals surface area contributed by atoms with Gasteiger partial charge < -0.3 is 5.53 Å². The van der Waals surface area contributed by atoms with E-state index in [0.717, 1.165) is 41.8 Å². The summed E-state index contributed by atoms with van der Waals surface area (Å²) < 4.78 is 1.46. The molecule has 0 aromatic heterocycles. The highest BCUT2D eigenvalue weighted by molar-refractivity contribution is 5.81. The Labute approximate surface area is 189 Å². The van der Waals surface area contributed by atoms with E-state index in [9.17, 15) is 5.53 Å². The van der Waals surface area contributed by atoms with Gasteiger partial charge in [0.05, 0.1) is 0 Å². The summed E-state index contributed by atoms with van der Waals surface area (Å²) in [4.78, 5) is 0. The molecule has 0 atom stereocenters. The molecule has 0 unspecified atom stereocenters. The van der Waals surface area contributed by atoms with Crippen molar-refractivity contribution in [3.63, 3.8) is 0 Å². The smallest absolute Gasteiger partial charge is 0.211 e. The van der Waals surface area contributed by atoms with Gasteiger partial charge in [-0.25, -0.2) is 4.70 Å². The Morgan fingerprint density at radius 2 is 1.26 bits per heavy atom. The Balaban J connectivity index is 1.95. The van der Waals surface area contributed by atoms with Crippen molar-refractivity contribution in [1.82, 2.24) is 0 Å². The molecule has 1 aliphatic heterocycles. The quantitative estimate of drug-likeness (QED) is 0.259. The summed E-state index contributed by atoms with van der Waals surface area (Å²) in [5.74, 6) is 0. The third kappa shape index (κ3) is 5.42. The van der Waals surface area contributed by atoms with Crippen LogP contribution in [0.5, 0.6) is 0 Å². The lowest BCUT2D eigenvalue weighted by Gasteiger charge is -2.11. The molecule has 1 aliphatic rings. The summed E-state index contributed by atoms with van der Waals surface area (Å²) in [5.41, 5.74) is 20.6. The summed E-state index contributed by atoms with van der Waals surface area (Å²) in [6.45, 7) is 8.80. The fourth-order valence-electron chi connectivity index (χ4n) is 4.62. The molecule has 31 heavy (non-hydrogen) atoms. The van der Waals surface area contributed by atoms with E-state index in [2.05, 4.69) is 76.2 Å². The molecule has 1 heterocycles. The molecule has 0 aliphatic carbocycles. The molecule has 3 rings (SSSR count). The second-order valence-corrected chi connectivity index (χ2v) is 8.74. The summed E-state index contributed by atoms with van der Waals surface area (Å²) in [7, 11) is 0. The van der Waals surface area contributed by atoms with E-state index in [4.69, 9.17) is 0 Å². The molecule has 0 amide bonds. The SMILES string of the molecule is CCCCCCCCC1=C(c2cccc(CC)c2)[N+](=[N-])C(c2cccc(CC)c2)=C1C. The van der Waals surface area contributed by atoms with Crippen LogP contribution >= 0.6 is 0 Å². The molecule has 164 valence electrons. The van der Waals surface area contributed by atoms with Gasteiger partial charge in [0.15, 0.2) is 0 Å². The van der Waals surface area contributed by atoms with Gasteiger partial charge in [0.1, 0.15) is 0 Å². The number of benzene rings is 2. The first kappa shape index (κ1) is 23.2. The Morgan fingerprint density at radius 1 is 0.710 bits per heavy atom. The van der Waals surface area contributed by atoms with Gasteiger partial charge in [0.2, 0.25) is 11.4 Å². The van der Waals surface area contributed by atoms with Crippen LogP contribution in [-0.2, 0) is 12.8 Å². The fraction of sp³-hybridized carbons (Fsp3) is 0.448. The van der Waals surface area contributed by atoms with Gasteiger partial charge in [0, 0.05) is 22.3 Å². The fourth-order valence-corrected chi connectivity index (χ4v) is 4.62. The van der Waals surface area contributed by atoms with Crippen molar-refractivity contribution in [2.45, 2.75) is 85.5 Å². The molecular formula is C29H38N2. The second-order valence-electron chi connectivity index (χ2n) is 8.74. The molecule has 2 aromatic carbocycles. The van der Waals surface area contributed by atoms with Crippen LogP contribution in [0, 0.1) is 0 Å². The Bertz CT molecular complexity index is 978. The molecule has 0 saturated carbocycles. The van der Waals surface area contributed by atoms with E-state index in [1.165, 1.54) is 65.5 Å². The van der Waals surface area contributed by atoms with Crippen LogP contribution in [-0.4, -0.2) is 4.70 Å². The zero-order valence-electron chi connectivity index (χ0n) is 19.9. The summed E-state index contributed by atoms with van der Waals surface area (Å²) in [6, 6.07) is 17.3. The molecule has 0 N–H and O–H groups in total. The third-order valence-corrected chi connectivity index (χ3v) is 6.51. The number of nitrogens with zero attached hydrogens (tertiary/aromatic N) is 2. The summed E-state index contributed by atoms with van der Waals surface area (Å²) >= 11 is 0. The van der Waals surface area contributed by atoms with Gasteiger partial charge in [-0.1, -0.05) is 77.1 Å². The van der Waals surface area contributed by atoms with Crippen LogP contribution in [0.1, 0.15) is 94.9 Å². The molecule has 0 bridgehead atoms. The lowest BCUT2D eigenvalue weighted by molar-refractivity contribution is -0.345. The van der Waals surface area contributed by atoms with Crippen molar-refractivity contribution in [2.75, 3.05) is 0 Å². The monoisotopic (exact) mass is 414 g/mol. The highest BCUT2D eigenvalue weighted by Gasteiger charge is 2.33. The first-order valence-corrected chi connectivity index (χ1v) is 12.2. The van der Waals surface area contributed by atoms with Crippen molar-refractivity contribution >= 4 is 11.4 Å². The number of rotatable bonds is 11. The summed E-state index contributed by atoms with van der Waals surface area (Å²) in [6.07, 6.45) is 10.7. The number of hydrogen-bond donors (Lipinski definition) is 0. The second kappa shape index (κ2) is 11.2. The van der Waals surface area contributed by atoms with Crippen LogP contribution in [0.3, 0.4) is 0 Å². The van der Waals surface area contributed by atoms with Crippen LogP contribution in [0.2, 0.25) is 0 Å². The van der Waals surface area contributed by atoms with Gasteiger partial charge in [-0.2, -0.15) is 0 Å². The van der Waals surface area contributed by atoms with Crippen LogP contribution in [0.4, 0.5) is 0 Å². The molecule has 2 heteroatoms. The highest BCUT2D eigenvalue weighted by Crippen LogP contribution is 2.42. The predicted octanol–water partition coefficient (Wildman–Crippen LogP) is 8.75. The van der Waals surface area contributed by atoms with E-state index < -0.39 is 0 Å². The van der Waals surface area contributed by atoms with Crippen molar-refractivity contribution in [2.24, 2.45) is 0 Å². The maximum absolute atomic E-state index is 11.4. The maximum Gasteiger partial charge on any atom is 0.211 e. The van der Waals surface area contributed by atoms with Crippen molar-refractivity contribution in [3.8, 4) is 0 Å². The number of aryl methyl sites for hydroxylation is 2. The minimum Gasteiger partial charge on any atom is -0.493 e. The van der Waals surface area contributed by atoms with E-state index in [1.807, 2.05) is 0 Å². The lowest BCUT2D eigenvalue weighted by atomic mass is 9.95. The minimum absolute atomic E-state index is 0.938. The van der Waals surface area contributed by atoms with Gasteiger partial charge in [-0.15, -0.1) is 0 Å². The van der Waals surface area contributed by atoms with Gasteiger partial charge >= 0.3 is 0 Å². The standard InChI is InChI=1S/C29H38N2/c1-5-8-9-10-11-12-19-27-22(4)28(25-17-13-15-23(6-2)20-25)31(30)29(27)26-18-14-16-24(7-3)21-26/h13-18,20-21H,5-12,19H2,1-4H3. The zero-order chi connectivity index (χ0) is 22.2. The average molecular weight is 415 g/mol. The van der Waals surface area contributed by atoms with Crippen molar-refractivity contribution in [1.29, 1.82) is 0 Å². The number of allylic oxidation sites excluding steroid dienone is 2. The summed E-state index contributed by atoms with van der Waals surface area (Å²) in [5, 5.41) is 0. The normalized spacial score (nSPS) is 14.1. The first-order valence-electron chi connectivity index (χ1n) is 12.2.